The van der Waals surface area contributed by atoms with Gasteiger partial charge < -0.3 is 10.1 Å². The first-order chi connectivity index (χ1) is 6.74. The maximum absolute atomic E-state index is 10.3. The van der Waals surface area contributed by atoms with Gasteiger partial charge in [0, 0.05) is 11.3 Å². The summed E-state index contributed by atoms with van der Waals surface area (Å²) in [5.41, 5.74) is 1.80. The molecule has 0 spiro atoms. The van der Waals surface area contributed by atoms with Crippen molar-refractivity contribution < 1.29 is 9.53 Å². The van der Waals surface area contributed by atoms with Crippen LogP contribution in [0.15, 0.2) is 24.3 Å². The van der Waals surface area contributed by atoms with Gasteiger partial charge in [-0.25, -0.2) is 0 Å². The molecular weight excluding hydrogens is 178 g/mol. The molecule has 0 heterocycles. The summed E-state index contributed by atoms with van der Waals surface area (Å²) in [6, 6.07) is 7.60. The summed E-state index contributed by atoms with van der Waals surface area (Å²) in [4.78, 5) is 10.3. The Morgan fingerprint density at radius 2 is 2.14 bits per heavy atom. The molecule has 0 aromatic heterocycles. The van der Waals surface area contributed by atoms with Crippen molar-refractivity contribution in [2.45, 2.75) is 26.6 Å². The van der Waals surface area contributed by atoms with Crippen LogP contribution in [-0.4, -0.2) is 12.5 Å². The second kappa shape index (κ2) is 5.40. The van der Waals surface area contributed by atoms with E-state index in [9.17, 15) is 4.79 Å². The number of carbonyl (C=O) groups is 1. The second-order valence-corrected chi connectivity index (χ2v) is 3.28. The number of benzene rings is 1. The van der Waals surface area contributed by atoms with Crippen LogP contribution in [0, 0.1) is 0 Å². The lowest BCUT2D eigenvalue weighted by Crippen LogP contribution is -2.05. The van der Waals surface area contributed by atoms with Crippen LogP contribution in [0.3, 0.4) is 0 Å². The van der Waals surface area contributed by atoms with Gasteiger partial charge in [0.15, 0.2) is 0 Å². The molecule has 1 N–H and O–H groups in total. The summed E-state index contributed by atoms with van der Waals surface area (Å²) in [6.45, 7) is 4.49. The smallest absolute Gasteiger partial charge is 0.211 e. The summed E-state index contributed by atoms with van der Waals surface area (Å²) in [7, 11) is 0. The molecule has 0 saturated carbocycles. The number of ether oxygens (including phenoxy) is 1. The van der Waals surface area contributed by atoms with E-state index in [0.717, 1.165) is 11.3 Å². The highest BCUT2D eigenvalue weighted by Gasteiger charge is 2.01. The number of hydrogen-bond acceptors (Lipinski definition) is 2. The quantitative estimate of drug-likeness (QED) is 0.728. The van der Waals surface area contributed by atoms with Crippen LogP contribution >= 0.6 is 0 Å². The van der Waals surface area contributed by atoms with Crippen LogP contribution in [0.2, 0.25) is 0 Å². The molecule has 76 valence electrons. The average Bonchev–Trinajstić information content (AvgIpc) is 2.17. The zero-order chi connectivity index (χ0) is 10.4. The van der Waals surface area contributed by atoms with E-state index >= 15 is 0 Å². The van der Waals surface area contributed by atoms with Gasteiger partial charge in [-0.05, 0) is 19.9 Å². The monoisotopic (exact) mass is 193 g/mol. The molecule has 3 nitrogen and oxygen atoms in total. The van der Waals surface area contributed by atoms with Crippen molar-refractivity contribution in [1.29, 1.82) is 0 Å². The van der Waals surface area contributed by atoms with Crippen LogP contribution in [0.4, 0.5) is 5.69 Å². The Morgan fingerprint density at radius 1 is 1.43 bits per heavy atom. The van der Waals surface area contributed by atoms with E-state index in [1.807, 2.05) is 38.1 Å². The highest BCUT2D eigenvalue weighted by molar-refractivity contribution is 5.73. The number of hydrogen-bond donors (Lipinski definition) is 1. The maximum atomic E-state index is 10.3. The van der Waals surface area contributed by atoms with Gasteiger partial charge >= 0.3 is 0 Å². The number of para-hydroxylation sites is 1. The minimum Gasteiger partial charge on any atom is -0.374 e. The Morgan fingerprint density at radius 3 is 2.79 bits per heavy atom. The standard InChI is InChI=1S/C11H15NO2/c1-9(2)14-7-10-5-3-4-6-11(10)12-8-13/h3-6,8-9H,7H2,1-2H3,(H,12,13). The predicted octanol–water partition coefficient (Wildman–Crippen LogP) is 2.18. The first kappa shape index (κ1) is 10.7. The van der Waals surface area contributed by atoms with Crippen molar-refractivity contribution >= 4 is 12.1 Å². The van der Waals surface area contributed by atoms with Crippen LogP contribution in [-0.2, 0) is 16.1 Å². The third kappa shape index (κ3) is 3.18. The number of nitrogens with one attached hydrogen (secondary N) is 1. The fourth-order valence-electron chi connectivity index (χ4n) is 1.11. The van der Waals surface area contributed by atoms with Gasteiger partial charge in [0.2, 0.25) is 6.41 Å². The normalized spacial score (nSPS) is 10.2. The Kier molecular flexibility index (Phi) is 4.13. The van der Waals surface area contributed by atoms with Crippen LogP contribution in [0.25, 0.3) is 0 Å². The predicted molar refractivity (Wildman–Crippen MR) is 56.1 cm³/mol. The molecule has 0 unspecified atom stereocenters. The largest absolute Gasteiger partial charge is 0.374 e. The lowest BCUT2D eigenvalue weighted by atomic mass is 10.2. The first-order valence-corrected chi connectivity index (χ1v) is 4.63. The van der Waals surface area contributed by atoms with E-state index < -0.39 is 0 Å². The van der Waals surface area contributed by atoms with Crippen LogP contribution < -0.4 is 5.32 Å². The molecule has 0 bridgehead atoms. The zero-order valence-corrected chi connectivity index (χ0v) is 8.49. The number of rotatable bonds is 5. The zero-order valence-electron chi connectivity index (χ0n) is 8.49. The van der Waals surface area contributed by atoms with Crippen LogP contribution in [0.1, 0.15) is 19.4 Å². The highest BCUT2D eigenvalue weighted by atomic mass is 16.5. The minimum atomic E-state index is 0.194. The molecule has 0 atom stereocenters. The summed E-state index contributed by atoms with van der Waals surface area (Å²) >= 11 is 0. The van der Waals surface area contributed by atoms with Crippen LogP contribution in [0.5, 0.6) is 0 Å². The van der Waals surface area contributed by atoms with E-state index in [2.05, 4.69) is 5.32 Å². The van der Waals surface area contributed by atoms with Gasteiger partial charge in [-0.15, -0.1) is 0 Å². The first-order valence-electron chi connectivity index (χ1n) is 4.63. The van der Waals surface area contributed by atoms with Gasteiger partial charge in [-0.2, -0.15) is 0 Å². The Balaban J connectivity index is 2.68. The fourth-order valence-corrected chi connectivity index (χ4v) is 1.11. The van der Waals surface area contributed by atoms with E-state index in [1.54, 1.807) is 0 Å². The molecule has 0 fully saturated rings. The molecule has 0 radical (unpaired) electrons. The fraction of sp³-hybridized carbons (Fsp3) is 0.364. The van der Waals surface area contributed by atoms with Crippen molar-refractivity contribution in [2.75, 3.05) is 5.32 Å². The highest BCUT2D eigenvalue weighted by Crippen LogP contribution is 2.15. The van der Waals surface area contributed by atoms with Crippen molar-refractivity contribution in [2.24, 2.45) is 0 Å². The maximum Gasteiger partial charge on any atom is 0.211 e. The summed E-state index contributed by atoms with van der Waals surface area (Å²) in [5.74, 6) is 0. The molecule has 0 aliphatic heterocycles. The van der Waals surface area contributed by atoms with Crippen molar-refractivity contribution in [3.63, 3.8) is 0 Å². The van der Waals surface area contributed by atoms with Crippen molar-refractivity contribution in [1.82, 2.24) is 0 Å². The van der Waals surface area contributed by atoms with Gasteiger partial charge in [0.25, 0.3) is 0 Å². The minimum absolute atomic E-state index is 0.194. The van der Waals surface area contributed by atoms with Gasteiger partial charge in [-0.3, -0.25) is 4.79 Å². The molecule has 0 aliphatic rings. The van der Waals surface area contributed by atoms with E-state index in [4.69, 9.17) is 4.74 Å². The molecule has 1 rings (SSSR count). The number of anilines is 1. The Labute approximate surface area is 84.1 Å². The molecule has 1 aromatic carbocycles. The average molecular weight is 193 g/mol. The van der Waals surface area contributed by atoms with Crippen molar-refractivity contribution in [3.05, 3.63) is 29.8 Å². The van der Waals surface area contributed by atoms with Gasteiger partial charge in [-0.1, -0.05) is 18.2 Å². The number of carbonyl (C=O) groups excluding carboxylic acids is 1. The SMILES string of the molecule is CC(C)OCc1ccccc1NC=O. The Hall–Kier alpha value is -1.35. The van der Waals surface area contributed by atoms with E-state index in [1.165, 1.54) is 0 Å². The molecule has 0 aliphatic carbocycles. The van der Waals surface area contributed by atoms with Crippen molar-refractivity contribution in [3.8, 4) is 0 Å². The molecule has 3 heteroatoms. The Bertz CT molecular complexity index is 297. The summed E-state index contributed by atoms with van der Waals surface area (Å²) < 4.78 is 5.46. The summed E-state index contributed by atoms with van der Waals surface area (Å²) in [5, 5.41) is 2.64. The lowest BCUT2D eigenvalue weighted by Gasteiger charge is -2.10. The lowest BCUT2D eigenvalue weighted by molar-refractivity contribution is -0.105. The molecule has 14 heavy (non-hydrogen) atoms. The molecule has 0 saturated heterocycles. The van der Waals surface area contributed by atoms with E-state index in [0.29, 0.717) is 13.0 Å². The third-order valence-corrected chi connectivity index (χ3v) is 1.80. The van der Waals surface area contributed by atoms with Gasteiger partial charge in [0.05, 0.1) is 12.7 Å². The molecule has 1 amide bonds. The topological polar surface area (TPSA) is 38.3 Å². The molecule has 1 aromatic rings. The second-order valence-electron chi connectivity index (χ2n) is 3.28. The number of amides is 1. The van der Waals surface area contributed by atoms with E-state index in [-0.39, 0.29) is 6.10 Å². The summed E-state index contributed by atoms with van der Waals surface area (Å²) in [6.07, 6.45) is 0.869. The third-order valence-electron chi connectivity index (χ3n) is 1.80. The molecular formula is C11H15NO2. The van der Waals surface area contributed by atoms with Gasteiger partial charge in [0.1, 0.15) is 0 Å².